The molecule has 2 aromatic carbocycles. The number of carbonyl (C=O) groups is 3. The lowest BCUT2D eigenvalue weighted by molar-refractivity contribution is -0.121. The first-order chi connectivity index (χ1) is 14.5. The first-order valence-corrected chi connectivity index (χ1v) is 10.1. The van der Waals surface area contributed by atoms with Crippen molar-refractivity contribution in [3.8, 4) is 11.1 Å². The molecule has 7 heteroatoms. The van der Waals surface area contributed by atoms with Gasteiger partial charge in [-0.05, 0) is 34.6 Å². The fraction of sp³-hybridized carbons (Fsp3) is 0.348. The Kier molecular flexibility index (Phi) is 7.06. The Morgan fingerprint density at radius 2 is 1.63 bits per heavy atom. The van der Waals surface area contributed by atoms with E-state index in [1.165, 1.54) is 0 Å². The van der Waals surface area contributed by atoms with Crippen LogP contribution in [0.4, 0.5) is 4.79 Å². The van der Waals surface area contributed by atoms with Gasteiger partial charge in [-0.15, -0.1) is 0 Å². The molecule has 1 atom stereocenters. The number of nitrogens with one attached hydrogen (secondary N) is 3. The largest absolute Gasteiger partial charge is 0.449 e. The molecule has 0 spiro atoms. The number of fused-ring (bicyclic) bond motifs is 3. The third-order valence-corrected chi connectivity index (χ3v) is 5.05. The summed E-state index contributed by atoms with van der Waals surface area (Å²) >= 11 is 0. The second kappa shape index (κ2) is 9.91. The van der Waals surface area contributed by atoms with E-state index in [-0.39, 0.29) is 25.0 Å². The Morgan fingerprint density at radius 1 is 1.03 bits per heavy atom. The van der Waals surface area contributed by atoms with Crippen LogP contribution in [0.15, 0.2) is 48.5 Å². The highest BCUT2D eigenvalue weighted by Crippen LogP contribution is 2.44. The Balaban J connectivity index is 1.52. The number of hydrogen-bond acceptors (Lipinski definition) is 4. The van der Waals surface area contributed by atoms with Gasteiger partial charge in [0.15, 0.2) is 0 Å². The van der Waals surface area contributed by atoms with Gasteiger partial charge in [-0.1, -0.05) is 62.4 Å². The molecule has 7 nitrogen and oxygen atoms in total. The summed E-state index contributed by atoms with van der Waals surface area (Å²) in [4.78, 5) is 34.9. The van der Waals surface area contributed by atoms with E-state index in [0.717, 1.165) is 22.3 Å². The van der Waals surface area contributed by atoms with E-state index in [4.69, 9.17) is 4.74 Å². The van der Waals surface area contributed by atoms with Crippen LogP contribution in [0.1, 0.15) is 37.3 Å². The van der Waals surface area contributed by atoms with E-state index in [9.17, 15) is 14.4 Å². The third-order valence-electron chi connectivity index (χ3n) is 5.05. The van der Waals surface area contributed by atoms with Crippen LogP contribution in [0.3, 0.4) is 0 Å². The van der Waals surface area contributed by atoms with Crippen molar-refractivity contribution < 1.29 is 19.1 Å². The molecule has 3 rings (SSSR count). The molecule has 0 radical (unpaired) electrons. The van der Waals surface area contributed by atoms with E-state index in [1.807, 2.05) is 50.2 Å². The van der Waals surface area contributed by atoms with Crippen LogP contribution in [0, 0.1) is 5.92 Å². The molecule has 158 valence electrons. The van der Waals surface area contributed by atoms with Gasteiger partial charge in [0.1, 0.15) is 19.3 Å². The standard InChI is InChI=1S/C23H27N3O4/c1-15(2)11-21(25-14-27)26-22(28)12-24-23(29)30-13-20-18-9-5-3-7-16(18)17-8-4-6-10-19(17)20/h3-10,14-15,20-21H,11-13H2,1-2H3,(H,24,29)(H,25,27)(H,26,28)/t21-/m0/s1. The Morgan fingerprint density at radius 3 is 2.20 bits per heavy atom. The van der Waals surface area contributed by atoms with E-state index in [1.54, 1.807) is 0 Å². The van der Waals surface area contributed by atoms with Crippen molar-refractivity contribution >= 4 is 18.4 Å². The SMILES string of the molecule is CC(C)C[C@@H](NC=O)NC(=O)CNC(=O)OCC1c2ccccc2-c2ccccc21. The topological polar surface area (TPSA) is 96.5 Å². The summed E-state index contributed by atoms with van der Waals surface area (Å²) in [7, 11) is 0. The van der Waals surface area contributed by atoms with Crippen molar-refractivity contribution in [1.82, 2.24) is 16.0 Å². The molecule has 0 aliphatic heterocycles. The molecule has 1 aliphatic carbocycles. The maximum absolute atomic E-state index is 12.1. The van der Waals surface area contributed by atoms with Crippen LogP contribution in [0.5, 0.6) is 0 Å². The van der Waals surface area contributed by atoms with Gasteiger partial charge in [0.25, 0.3) is 0 Å². The van der Waals surface area contributed by atoms with Gasteiger partial charge in [0.2, 0.25) is 12.3 Å². The van der Waals surface area contributed by atoms with Gasteiger partial charge in [0, 0.05) is 5.92 Å². The quantitative estimate of drug-likeness (QED) is 0.438. The number of rotatable bonds is 9. The first-order valence-electron chi connectivity index (χ1n) is 10.1. The zero-order valence-corrected chi connectivity index (χ0v) is 17.2. The van der Waals surface area contributed by atoms with Crippen molar-refractivity contribution in [1.29, 1.82) is 0 Å². The van der Waals surface area contributed by atoms with Gasteiger partial charge in [-0.3, -0.25) is 9.59 Å². The number of benzene rings is 2. The highest BCUT2D eigenvalue weighted by Gasteiger charge is 2.29. The number of hydrogen-bond donors (Lipinski definition) is 3. The van der Waals surface area contributed by atoms with Gasteiger partial charge in [-0.25, -0.2) is 4.79 Å². The predicted molar refractivity (Wildman–Crippen MR) is 114 cm³/mol. The Hall–Kier alpha value is -3.35. The lowest BCUT2D eigenvalue weighted by Crippen LogP contribution is -2.49. The van der Waals surface area contributed by atoms with Crippen LogP contribution >= 0.6 is 0 Å². The second-order valence-electron chi connectivity index (χ2n) is 7.71. The van der Waals surface area contributed by atoms with E-state index >= 15 is 0 Å². The molecule has 2 aromatic rings. The summed E-state index contributed by atoms with van der Waals surface area (Å²) in [5.41, 5.74) is 4.56. The third kappa shape index (κ3) is 5.17. The molecule has 0 saturated heterocycles. The van der Waals surface area contributed by atoms with Gasteiger partial charge in [0.05, 0.1) is 0 Å². The molecule has 0 unspecified atom stereocenters. The monoisotopic (exact) mass is 409 g/mol. The zero-order chi connectivity index (χ0) is 21.5. The molecule has 0 bridgehead atoms. The van der Waals surface area contributed by atoms with Gasteiger partial charge >= 0.3 is 6.09 Å². The van der Waals surface area contributed by atoms with Crippen molar-refractivity contribution in [3.63, 3.8) is 0 Å². The molecule has 3 amide bonds. The van der Waals surface area contributed by atoms with E-state index < -0.39 is 18.2 Å². The van der Waals surface area contributed by atoms with Gasteiger partial charge in [-0.2, -0.15) is 0 Å². The minimum atomic E-state index is -0.657. The highest BCUT2D eigenvalue weighted by molar-refractivity contribution is 5.82. The summed E-state index contributed by atoms with van der Waals surface area (Å²) < 4.78 is 5.41. The Bertz CT molecular complexity index is 867. The average molecular weight is 409 g/mol. The lowest BCUT2D eigenvalue weighted by atomic mass is 9.98. The van der Waals surface area contributed by atoms with Crippen molar-refractivity contribution in [3.05, 3.63) is 59.7 Å². The molecule has 0 aromatic heterocycles. The summed E-state index contributed by atoms with van der Waals surface area (Å²) in [5, 5.41) is 7.70. The smallest absolute Gasteiger partial charge is 0.407 e. The number of amides is 3. The normalized spacial score (nSPS) is 13.2. The molecule has 0 heterocycles. The zero-order valence-electron chi connectivity index (χ0n) is 17.2. The van der Waals surface area contributed by atoms with Crippen LogP contribution in [0.2, 0.25) is 0 Å². The van der Waals surface area contributed by atoms with Gasteiger partial charge < -0.3 is 20.7 Å². The summed E-state index contributed by atoms with van der Waals surface area (Å²) in [6.45, 7) is 3.93. The van der Waals surface area contributed by atoms with Crippen molar-refractivity contribution in [2.45, 2.75) is 32.4 Å². The van der Waals surface area contributed by atoms with Crippen LogP contribution < -0.4 is 16.0 Å². The summed E-state index contributed by atoms with van der Waals surface area (Å²) in [5.74, 6) is -0.148. The molecule has 1 aliphatic rings. The fourth-order valence-corrected chi connectivity index (χ4v) is 3.77. The second-order valence-corrected chi connectivity index (χ2v) is 7.71. The van der Waals surface area contributed by atoms with E-state index in [0.29, 0.717) is 12.8 Å². The summed E-state index contributed by atoms with van der Waals surface area (Å²) in [6.07, 6.45) is 0.0110. The Labute approximate surface area is 176 Å². The average Bonchev–Trinajstić information content (AvgIpc) is 3.04. The maximum atomic E-state index is 12.1. The number of alkyl carbamates (subject to hydrolysis) is 1. The molecule has 3 N–H and O–H groups in total. The minimum absolute atomic E-state index is 0.0378. The maximum Gasteiger partial charge on any atom is 0.407 e. The number of ether oxygens (including phenoxy) is 1. The van der Waals surface area contributed by atoms with Crippen LogP contribution in [0.25, 0.3) is 11.1 Å². The molecule has 0 fully saturated rings. The molecular formula is C23H27N3O4. The minimum Gasteiger partial charge on any atom is -0.449 e. The molecule has 0 saturated carbocycles. The van der Waals surface area contributed by atoms with Crippen molar-refractivity contribution in [2.24, 2.45) is 5.92 Å². The van der Waals surface area contributed by atoms with Crippen molar-refractivity contribution in [2.75, 3.05) is 13.2 Å². The van der Waals surface area contributed by atoms with Crippen LogP contribution in [-0.2, 0) is 14.3 Å². The first kappa shape index (κ1) is 21.4. The molecular weight excluding hydrogens is 382 g/mol. The fourth-order valence-electron chi connectivity index (χ4n) is 3.77. The molecule has 30 heavy (non-hydrogen) atoms. The lowest BCUT2D eigenvalue weighted by Gasteiger charge is -2.20. The predicted octanol–water partition coefficient (Wildman–Crippen LogP) is 2.76. The van der Waals surface area contributed by atoms with Crippen LogP contribution in [-0.4, -0.2) is 37.7 Å². The summed E-state index contributed by atoms with van der Waals surface area (Å²) in [6, 6.07) is 16.2. The highest BCUT2D eigenvalue weighted by atomic mass is 16.5. The van der Waals surface area contributed by atoms with E-state index in [2.05, 4.69) is 28.1 Å². The number of carbonyl (C=O) groups excluding carboxylic acids is 3.